The number of aromatic amines is 1. The number of rotatable bonds is 6. The molecule has 0 spiro atoms. The molecule has 2 aromatic heterocycles. The number of carbonyl (C=O) groups is 1. The van der Waals surface area contributed by atoms with Crippen molar-refractivity contribution in [2.75, 3.05) is 7.11 Å². The van der Waals surface area contributed by atoms with Crippen LogP contribution < -0.4 is 15.8 Å². The summed E-state index contributed by atoms with van der Waals surface area (Å²) in [5.74, 6) is -0.486. The molecular formula is C20H20FN5O2. The number of nitrogens with one attached hydrogen (secondary N) is 3. The van der Waals surface area contributed by atoms with Crippen molar-refractivity contribution in [3.8, 4) is 5.75 Å². The minimum absolute atomic E-state index is 0.0181. The highest BCUT2D eigenvalue weighted by Gasteiger charge is 2.14. The van der Waals surface area contributed by atoms with Crippen LogP contribution in [0.5, 0.6) is 5.75 Å². The summed E-state index contributed by atoms with van der Waals surface area (Å²) in [6.07, 6.45) is 1.14. The van der Waals surface area contributed by atoms with E-state index in [1.807, 2.05) is 0 Å². The van der Waals surface area contributed by atoms with Crippen LogP contribution >= 0.6 is 0 Å². The number of pyridine rings is 1. The molecule has 0 atom stereocenters. The maximum absolute atomic E-state index is 14.0. The largest absolute Gasteiger partial charge is 0.496 e. The van der Waals surface area contributed by atoms with E-state index in [2.05, 4.69) is 15.3 Å². The lowest BCUT2D eigenvalue weighted by Gasteiger charge is -2.10. The number of nitrogens with zero attached hydrogens (tertiary/aromatic N) is 1. The summed E-state index contributed by atoms with van der Waals surface area (Å²) >= 11 is 0. The molecule has 0 bridgehead atoms. The van der Waals surface area contributed by atoms with Crippen LogP contribution in [0.3, 0.4) is 0 Å². The van der Waals surface area contributed by atoms with Gasteiger partial charge in [0.2, 0.25) is 0 Å². The molecule has 144 valence electrons. The maximum Gasteiger partial charge on any atom is 0.268 e. The van der Waals surface area contributed by atoms with Crippen molar-refractivity contribution in [3.05, 3.63) is 64.9 Å². The second-order valence-corrected chi connectivity index (χ2v) is 6.16. The number of hydrogen-bond acceptors (Lipinski definition) is 5. The summed E-state index contributed by atoms with van der Waals surface area (Å²) in [5.41, 5.74) is 8.36. The number of methoxy groups -OCH3 is 1. The third-order valence-electron chi connectivity index (χ3n) is 4.29. The van der Waals surface area contributed by atoms with Gasteiger partial charge in [-0.3, -0.25) is 4.79 Å². The van der Waals surface area contributed by atoms with Gasteiger partial charge in [-0.1, -0.05) is 6.07 Å². The fourth-order valence-corrected chi connectivity index (χ4v) is 2.83. The van der Waals surface area contributed by atoms with Gasteiger partial charge in [0.25, 0.3) is 5.91 Å². The van der Waals surface area contributed by atoms with E-state index < -0.39 is 11.7 Å². The molecule has 0 aliphatic heterocycles. The van der Waals surface area contributed by atoms with Crippen molar-refractivity contribution in [1.29, 1.82) is 5.41 Å². The summed E-state index contributed by atoms with van der Waals surface area (Å²) in [6.45, 7) is 1.67. The van der Waals surface area contributed by atoms with Gasteiger partial charge < -0.3 is 26.2 Å². The van der Waals surface area contributed by atoms with Gasteiger partial charge in [-0.2, -0.15) is 0 Å². The van der Waals surface area contributed by atoms with Crippen LogP contribution in [-0.2, 0) is 6.54 Å². The summed E-state index contributed by atoms with van der Waals surface area (Å²) < 4.78 is 19.1. The van der Waals surface area contributed by atoms with Gasteiger partial charge in [0.1, 0.15) is 22.9 Å². The van der Waals surface area contributed by atoms with E-state index in [0.717, 1.165) is 11.6 Å². The summed E-state index contributed by atoms with van der Waals surface area (Å²) in [4.78, 5) is 19.9. The molecule has 5 N–H and O–H groups in total. The topological polar surface area (TPSA) is 117 Å². The van der Waals surface area contributed by atoms with Gasteiger partial charge in [-0.05, 0) is 37.3 Å². The zero-order chi connectivity index (χ0) is 20.3. The summed E-state index contributed by atoms with van der Waals surface area (Å²) in [6, 6.07) is 9.67. The normalized spacial score (nSPS) is 11.8. The van der Waals surface area contributed by atoms with Crippen molar-refractivity contribution < 1.29 is 13.9 Å². The second kappa shape index (κ2) is 7.91. The number of amides is 1. The Morgan fingerprint density at radius 1 is 1.39 bits per heavy atom. The molecule has 1 aromatic carbocycles. The van der Waals surface area contributed by atoms with Crippen LogP contribution in [0.2, 0.25) is 0 Å². The van der Waals surface area contributed by atoms with E-state index in [4.69, 9.17) is 15.9 Å². The molecule has 2 heterocycles. The van der Waals surface area contributed by atoms with E-state index in [1.165, 1.54) is 13.2 Å². The average Bonchev–Trinajstić information content (AvgIpc) is 3.10. The lowest BCUT2D eigenvalue weighted by atomic mass is 10.1. The number of benzene rings is 1. The van der Waals surface area contributed by atoms with Crippen molar-refractivity contribution in [2.24, 2.45) is 5.73 Å². The second-order valence-electron chi connectivity index (χ2n) is 6.16. The Morgan fingerprint density at radius 3 is 2.86 bits per heavy atom. The number of fused-ring (bicyclic) bond motifs is 1. The minimum atomic E-state index is -0.453. The standard InChI is InChI=1S/C20H20FN5O2/c1-11(23)13(9-22)16-7-6-12-8-17(26-19(12)25-16)20(27)24-10-14-15(21)4-3-5-18(14)28-2/h3-9,22H,10,23H2,1-2H3,(H,24,27)(H,25,26)/b13-11+,22-9?. The first kappa shape index (κ1) is 19.1. The zero-order valence-electron chi connectivity index (χ0n) is 15.5. The van der Waals surface area contributed by atoms with Gasteiger partial charge in [-0.15, -0.1) is 0 Å². The van der Waals surface area contributed by atoms with Crippen LogP contribution in [0.15, 0.2) is 42.1 Å². The van der Waals surface area contributed by atoms with Crippen molar-refractivity contribution in [3.63, 3.8) is 0 Å². The number of hydrogen-bond donors (Lipinski definition) is 4. The van der Waals surface area contributed by atoms with E-state index in [-0.39, 0.29) is 12.1 Å². The number of ether oxygens (including phenoxy) is 1. The Hall–Kier alpha value is -3.68. The fraction of sp³-hybridized carbons (Fsp3) is 0.150. The molecule has 0 unspecified atom stereocenters. The number of nitrogens with two attached hydrogens (primary N) is 1. The van der Waals surface area contributed by atoms with E-state index >= 15 is 0 Å². The predicted molar refractivity (Wildman–Crippen MR) is 106 cm³/mol. The van der Waals surface area contributed by atoms with Crippen LogP contribution in [0.25, 0.3) is 16.6 Å². The lowest BCUT2D eigenvalue weighted by Crippen LogP contribution is -2.24. The Balaban J connectivity index is 1.83. The summed E-state index contributed by atoms with van der Waals surface area (Å²) in [7, 11) is 1.45. The maximum atomic E-state index is 14.0. The molecule has 3 rings (SSSR count). The smallest absolute Gasteiger partial charge is 0.268 e. The van der Waals surface area contributed by atoms with E-state index in [1.54, 1.807) is 37.3 Å². The van der Waals surface area contributed by atoms with Crippen LogP contribution in [-0.4, -0.2) is 29.2 Å². The molecule has 0 saturated carbocycles. The molecule has 0 aliphatic rings. The molecular weight excluding hydrogens is 361 g/mol. The molecule has 0 aliphatic carbocycles. The molecule has 1 amide bonds. The van der Waals surface area contributed by atoms with E-state index in [0.29, 0.717) is 34.1 Å². The number of allylic oxidation sites excluding steroid dienone is 2. The first-order chi connectivity index (χ1) is 13.4. The quantitative estimate of drug-likeness (QED) is 0.491. The van der Waals surface area contributed by atoms with Gasteiger partial charge in [0.05, 0.1) is 12.8 Å². The average molecular weight is 381 g/mol. The number of halogens is 1. The first-order valence-corrected chi connectivity index (χ1v) is 8.51. The SMILES string of the molecule is COc1cccc(F)c1CNC(=O)c1cc2ccc(/C(C=N)=C(\C)N)nc2[nH]1. The Bertz CT molecular complexity index is 1080. The molecule has 0 radical (unpaired) electrons. The highest BCUT2D eigenvalue weighted by atomic mass is 19.1. The molecule has 3 aromatic rings. The Kier molecular flexibility index (Phi) is 5.39. The summed E-state index contributed by atoms with van der Waals surface area (Å²) in [5, 5.41) is 10.9. The first-order valence-electron chi connectivity index (χ1n) is 8.51. The van der Waals surface area contributed by atoms with Crippen LogP contribution in [0.4, 0.5) is 4.39 Å². The molecule has 8 heteroatoms. The van der Waals surface area contributed by atoms with Crippen LogP contribution in [0, 0.1) is 11.2 Å². The third-order valence-corrected chi connectivity index (χ3v) is 4.29. The predicted octanol–water partition coefficient (Wildman–Crippen LogP) is 2.98. The van der Waals surface area contributed by atoms with Gasteiger partial charge in [0, 0.05) is 35.0 Å². The van der Waals surface area contributed by atoms with Crippen molar-refractivity contribution in [1.82, 2.24) is 15.3 Å². The highest BCUT2D eigenvalue weighted by Crippen LogP contribution is 2.22. The van der Waals surface area contributed by atoms with Gasteiger partial charge >= 0.3 is 0 Å². The number of aromatic nitrogens is 2. The molecule has 7 nitrogen and oxygen atoms in total. The Morgan fingerprint density at radius 2 is 2.18 bits per heavy atom. The molecule has 0 fully saturated rings. The monoisotopic (exact) mass is 381 g/mol. The van der Waals surface area contributed by atoms with Crippen LogP contribution in [0.1, 0.15) is 28.7 Å². The van der Waals surface area contributed by atoms with Crippen molar-refractivity contribution >= 4 is 28.7 Å². The van der Waals surface area contributed by atoms with E-state index in [9.17, 15) is 9.18 Å². The minimum Gasteiger partial charge on any atom is -0.496 e. The highest BCUT2D eigenvalue weighted by molar-refractivity contribution is 6.09. The van der Waals surface area contributed by atoms with Gasteiger partial charge in [0.15, 0.2) is 0 Å². The zero-order valence-corrected chi connectivity index (χ0v) is 15.5. The van der Waals surface area contributed by atoms with Gasteiger partial charge in [-0.25, -0.2) is 9.37 Å². The number of H-pyrrole nitrogens is 1. The Labute approximate surface area is 160 Å². The lowest BCUT2D eigenvalue weighted by molar-refractivity contribution is 0.0946. The third kappa shape index (κ3) is 3.71. The van der Waals surface area contributed by atoms with Crippen molar-refractivity contribution in [2.45, 2.75) is 13.5 Å². The molecule has 28 heavy (non-hydrogen) atoms. The number of carbonyl (C=O) groups excluding carboxylic acids is 1. The fourth-order valence-electron chi connectivity index (χ4n) is 2.83. The molecule has 0 saturated heterocycles.